The molecule has 3 fully saturated rings. The molecule has 4 N–H and O–H groups in total. The van der Waals surface area contributed by atoms with Crippen LogP contribution in [0.4, 0.5) is 0 Å². The van der Waals surface area contributed by atoms with Gasteiger partial charge in [0.1, 0.15) is 17.7 Å². The summed E-state index contributed by atoms with van der Waals surface area (Å²) in [5.74, 6) is 2.16. The van der Waals surface area contributed by atoms with E-state index >= 15 is 0 Å². The summed E-state index contributed by atoms with van der Waals surface area (Å²) in [5, 5.41) is 29.6. The molecule has 0 radical (unpaired) electrons. The predicted octanol–water partition coefficient (Wildman–Crippen LogP) is 3.56. The quantitative estimate of drug-likeness (QED) is 0.254. The molecule has 0 aliphatic heterocycles. The molecule has 0 heterocycles. The molecule has 9 heteroatoms. The average Bonchev–Trinajstić information content (AvgIpc) is 3.19. The van der Waals surface area contributed by atoms with Crippen LogP contribution in [0, 0.1) is 40.9 Å². The van der Waals surface area contributed by atoms with Gasteiger partial charge in [-0.05, 0) is 94.0 Å². The topological polar surface area (TPSA) is 137 Å². The number of hydrogen-bond donors (Lipinski definition) is 4. The van der Waals surface area contributed by atoms with Crippen molar-refractivity contribution >= 4 is 23.5 Å². The van der Waals surface area contributed by atoms with Crippen molar-refractivity contribution in [1.82, 2.24) is 10.6 Å². The third-order valence-electron chi connectivity index (χ3n) is 10.7. The first-order valence-corrected chi connectivity index (χ1v) is 14.8. The maximum Gasteiger partial charge on any atom is 0.326 e. The number of aliphatic hydroxyl groups is 1. The Morgan fingerprint density at radius 1 is 1.15 bits per heavy atom. The van der Waals surface area contributed by atoms with Crippen molar-refractivity contribution in [3.8, 4) is 12.3 Å². The highest BCUT2D eigenvalue weighted by Gasteiger charge is 2.63. The molecule has 0 unspecified atom stereocenters. The first-order valence-electron chi connectivity index (χ1n) is 14.8. The summed E-state index contributed by atoms with van der Waals surface area (Å²) in [4.78, 5) is 41.2. The molecule has 0 aromatic heterocycles. The zero-order valence-electron chi connectivity index (χ0n) is 24.3. The van der Waals surface area contributed by atoms with Gasteiger partial charge in [-0.3, -0.25) is 9.59 Å². The minimum Gasteiger partial charge on any atom is -0.480 e. The number of hydrogen-bond acceptors (Lipinski definition) is 6. The second kappa shape index (κ2) is 11.6. The van der Waals surface area contributed by atoms with Crippen LogP contribution in [0.5, 0.6) is 0 Å². The number of amides is 2. The molecule has 40 heavy (non-hydrogen) atoms. The highest BCUT2D eigenvalue weighted by atomic mass is 16.6. The lowest BCUT2D eigenvalue weighted by atomic mass is 9.46. The molecule has 4 aliphatic carbocycles. The number of nitrogens with zero attached hydrogens (tertiary/aromatic N) is 1. The van der Waals surface area contributed by atoms with Crippen molar-refractivity contribution < 1.29 is 29.4 Å². The fourth-order valence-electron chi connectivity index (χ4n) is 8.26. The van der Waals surface area contributed by atoms with E-state index < -0.39 is 35.5 Å². The zero-order valence-corrected chi connectivity index (χ0v) is 24.3. The summed E-state index contributed by atoms with van der Waals surface area (Å²) in [6.45, 7) is 7.59. The van der Waals surface area contributed by atoms with Crippen molar-refractivity contribution in [2.24, 2.45) is 33.7 Å². The Hall–Kier alpha value is -2.86. The summed E-state index contributed by atoms with van der Waals surface area (Å²) in [6.07, 6.45) is 16.4. The summed E-state index contributed by atoms with van der Waals surface area (Å²) in [5.41, 5.74) is 1.10. The third kappa shape index (κ3) is 5.39. The van der Waals surface area contributed by atoms with Gasteiger partial charge in [-0.15, -0.1) is 6.42 Å². The van der Waals surface area contributed by atoms with Crippen LogP contribution in [0.2, 0.25) is 0 Å². The van der Waals surface area contributed by atoms with Crippen LogP contribution in [-0.2, 0) is 19.2 Å². The largest absolute Gasteiger partial charge is 0.480 e. The van der Waals surface area contributed by atoms with Gasteiger partial charge in [0, 0.05) is 5.41 Å². The fourth-order valence-corrected chi connectivity index (χ4v) is 8.26. The van der Waals surface area contributed by atoms with E-state index in [-0.39, 0.29) is 17.4 Å². The van der Waals surface area contributed by atoms with Gasteiger partial charge in [0.2, 0.25) is 5.91 Å². The summed E-state index contributed by atoms with van der Waals surface area (Å²) >= 11 is 0. The Morgan fingerprint density at radius 3 is 2.55 bits per heavy atom. The van der Waals surface area contributed by atoms with Crippen molar-refractivity contribution in [2.45, 2.75) is 110 Å². The van der Waals surface area contributed by atoms with Crippen molar-refractivity contribution in [3.05, 3.63) is 11.6 Å². The number of fused-ring (bicyclic) bond motifs is 5. The van der Waals surface area contributed by atoms with Crippen LogP contribution in [0.25, 0.3) is 0 Å². The zero-order chi connectivity index (χ0) is 29.3. The van der Waals surface area contributed by atoms with Gasteiger partial charge >= 0.3 is 5.97 Å². The summed E-state index contributed by atoms with van der Waals surface area (Å²) < 4.78 is 0. The van der Waals surface area contributed by atoms with Crippen LogP contribution in [-0.4, -0.2) is 58.0 Å². The molecule has 4 aliphatic rings. The lowest BCUT2D eigenvalue weighted by molar-refractivity contribution is -0.142. The Kier molecular flexibility index (Phi) is 8.70. The van der Waals surface area contributed by atoms with Crippen molar-refractivity contribution in [2.75, 3.05) is 6.61 Å². The van der Waals surface area contributed by atoms with Gasteiger partial charge in [-0.25, -0.2) is 4.79 Å². The fraction of sp³-hybridized carbons (Fsp3) is 0.742. The number of carboxylic acids is 1. The van der Waals surface area contributed by atoms with Gasteiger partial charge in [-0.1, -0.05) is 43.8 Å². The SMILES string of the molecule is C#C[C@@]1(O)CC[C@H]2[C@@H]3CCC4=C/C(=N/OCC(=O)N[C@H](C)C(=O)N[C@H](CCC)C(=O)O)CC[C@]4(C)[C@H]3CC[C@@]21C. The molecule has 3 saturated carbocycles. The van der Waals surface area contributed by atoms with E-state index in [0.717, 1.165) is 50.7 Å². The normalized spacial score (nSPS) is 37.0. The standard InChI is InChI=1S/C31H45N3O6/c1-6-8-25(28(37)38)33-27(36)19(3)32-26(35)18-40-34-21-11-14-29(4)20(17-21)9-10-22-23(29)12-15-30(5)24(22)13-16-31(30,39)7-2/h2,17,19,22-25,39H,6,8-16,18H2,1,3-5H3,(H,32,35)(H,33,36)(H,37,38)/b34-21+/t19-,22-,23+,24+,25-,29+,30+,31-/m1/s1. The number of allylic oxidation sites excluding steroid dienone is 2. The minimum atomic E-state index is -1.10. The van der Waals surface area contributed by atoms with Crippen LogP contribution in [0.15, 0.2) is 16.8 Å². The van der Waals surface area contributed by atoms with Gasteiger partial charge in [0.25, 0.3) is 5.91 Å². The number of carbonyl (C=O) groups excluding carboxylic acids is 2. The molecular formula is C31H45N3O6. The van der Waals surface area contributed by atoms with Crippen molar-refractivity contribution in [3.63, 3.8) is 0 Å². The number of rotatable bonds is 9. The number of nitrogens with one attached hydrogen (secondary N) is 2. The van der Waals surface area contributed by atoms with Crippen molar-refractivity contribution in [1.29, 1.82) is 0 Å². The van der Waals surface area contributed by atoms with E-state index in [4.69, 9.17) is 11.3 Å². The van der Waals surface area contributed by atoms with E-state index in [2.05, 4.69) is 41.6 Å². The lowest BCUT2D eigenvalue weighted by Gasteiger charge is -2.58. The van der Waals surface area contributed by atoms with E-state index in [1.807, 2.05) is 6.92 Å². The van der Waals surface area contributed by atoms with E-state index in [9.17, 15) is 24.6 Å². The molecule has 8 atom stereocenters. The summed E-state index contributed by atoms with van der Waals surface area (Å²) in [6, 6.07) is -1.88. The first-order chi connectivity index (χ1) is 18.9. The number of aliphatic carboxylic acids is 1. The number of carboxylic acid groups (broad SMARTS) is 1. The third-order valence-corrected chi connectivity index (χ3v) is 10.7. The average molecular weight is 556 g/mol. The highest BCUT2D eigenvalue weighted by molar-refractivity contribution is 5.96. The van der Waals surface area contributed by atoms with Crippen LogP contribution in [0.3, 0.4) is 0 Å². The lowest BCUT2D eigenvalue weighted by Crippen LogP contribution is -2.54. The Labute approximate surface area is 237 Å². The maximum absolute atomic E-state index is 12.3. The minimum absolute atomic E-state index is 0.0892. The molecule has 0 aromatic carbocycles. The molecule has 9 nitrogen and oxygen atoms in total. The predicted molar refractivity (Wildman–Crippen MR) is 151 cm³/mol. The van der Waals surface area contributed by atoms with E-state index in [1.165, 1.54) is 12.5 Å². The van der Waals surface area contributed by atoms with Crippen LogP contribution in [0.1, 0.15) is 91.9 Å². The molecule has 0 saturated heterocycles. The molecule has 0 spiro atoms. The Balaban J connectivity index is 1.32. The molecule has 0 bridgehead atoms. The maximum atomic E-state index is 12.3. The molecule has 2 amide bonds. The second-order valence-corrected chi connectivity index (χ2v) is 12.8. The Bertz CT molecular complexity index is 1130. The van der Waals surface area contributed by atoms with Gasteiger partial charge in [0.15, 0.2) is 6.61 Å². The number of terminal acetylenes is 1. The molecule has 220 valence electrons. The van der Waals surface area contributed by atoms with Crippen LogP contribution >= 0.6 is 0 Å². The number of carbonyl (C=O) groups is 3. The second-order valence-electron chi connectivity index (χ2n) is 12.8. The van der Waals surface area contributed by atoms with E-state index in [1.54, 1.807) is 0 Å². The molecule has 4 rings (SSSR count). The number of oxime groups is 1. The Morgan fingerprint density at radius 2 is 1.88 bits per heavy atom. The van der Waals surface area contributed by atoms with E-state index in [0.29, 0.717) is 37.0 Å². The monoisotopic (exact) mass is 555 g/mol. The molecular weight excluding hydrogens is 510 g/mol. The molecule has 0 aromatic rings. The first kappa shape index (κ1) is 30.1. The summed E-state index contributed by atoms with van der Waals surface area (Å²) in [7, 11) is 0. The van der Waals surface area contributed by atoms with Gasteiger partial charge < -0.3 is 25.7 Å². The van der Waals surface area contributed by atoms with Gasteiger partial charge in [-0.2, -0.15) is 0 Å². The van der Waals surface area contributed by atoms with Crippen LogP contribution < -0.4 is 10.6 Å². The van der Waals surface area contributed by atoms with Gasteiger partial charge in [0.05, 0.1) is 5.71 Å². The highest BCUT2D eigenvalue weighted by Crippen LogP contribution is 2.67. The smallest absolute Gasteiger partial charge is 0.326 e.